The lowest BCUT2D eigenvalue weighted by molar-refractivity contribution is 0.102. The fourth-order valence-corrected chi connectivity index (χ4v) is 4.14. The topological polar surface area (TPSA) is 52.7 Å². The van der Waals surface area contributed by atoms with Crippen molar-refractivity contribution in [2.75, 3.05) is 5.75 Å². The first-order chi connectivity index (χ1) is 12.9. The summed E-state index contributed by atoms with van der Waals surface area (Å²) in [5, 5.41) is 9.57. The number of benzene rings is 1. The molecule has 3 aromatic rings. The van der Waals surface area contributed by atoms with Crippen LogP contribution in [-0.4, -0.2) is 30.9 Å². The lowest BCUT2D eigenvalue weighted by Gasteiger charge is -2.11. The monoisotopic (exact) mass is 402 g/mol. The molecule has 2 heterocycles. The predicted octanol–water partition coefficient (Wildman–Crippen LogP) is 4.95. The quantitative estimate of drug-likeness (QED) is 0.414. The molecule has 0 atom stereocenters. The summed E-state index contributed by atoms with van der Waals surface area (Å²) in [6, 6.07) is 10.0. The van der Waals surface area contributed by atoms with Crippen LogP contribution in [0.4, 0.5) is 0 Å². The van der Waals surface area contributed by atoms with Gasteiger partial charge in [0.15, 0.2) is 10.9 Å². The van der Waals surface area contributed by atoms with E-state index in [2.05, 4.69) is 28.6 Å². The number of nitrogens with zero attached hydrogens (tertiary/aromatic N) is 4. The molecule has 2 aromatic heterocycles. The van der Waals surface area contributed by atoms with E-state index in [1.165, 1.54) is 11.8 Å². The number of carbonyl (C=O) groups excluding carboxylic acids is 1. The minimum absolute atomic E-state index is 0.0943. The van der Waals surface area contributed by atoms with Gasteiger partial charge >= 0.3 is 0 Å². The molecule has 0 amide bonds. The summed E-state index contributed by atoms with van der Waals surface area (Å²) in [6.45, 7) is 8.79. The van der Waals surface area contributed by atoms with Crippen molar-refractivity contribution in [2.45, 2.75) is 45.4 Å². The maximum absolute atomic E-state index is 12.8. The van der Waals surface area contributed by atoms with Crippen molar-refractivity contribution in [3.63, 3.8) is 0 Å². The Balaban J connectivity index is 1.76. The Labute approximate surface area is 168 Å². The fraction of sp³-hybridized carbons (Fsp3) is 0.350. The summed E-state index contributed by atoms with van der Waals surface area (Å²) in [5.74, 6) is 0.429. The number of hydrogen-bond acceptors (Lipinski definition) is 4. The Bertz CT molecular complexity index is 961. The molecule has 0 aliphatic heterocycles. The number of Topliss-reactive ketones (excluding diaryl/α,β-unsaturated/α-hetero) is 1. The van der Waals surface area contributed by atoms with Crippen LogP contribution in [0.25, 0.3) is 0 Å². The largest absolute Gasteiger partial charge is 0.344 e. The molecule has 0 spiro atoms. The molecule has 142 valence electrons. The summed E-state index contributed by atoms with van der Waals surface area (Å²) < 4.78 is 4.11. The summed E-state index contributed by atoms with van der Waals surface area (Å²) >= 11 is 7.72. The number of halogens is 1. The fourth-order valence-electron chi connectivity index (χ4n) is 3.02. The van der Waals surface area contributed by atoms with Crippen LogP contribution in [0.5, 0.6) is 0 Å². The lowest BCUT2D eigenvalue weighted by atomic mass is 10.2. The summed E-state index contributed by atoms with van der Waals surface area (Å²) in [6.07, 6.45) is 1.70. The van der Waals surface area contributed by atoms with Crippen LogP contribution in [-0.2, 0) is 6.54 Å². The summed E-state index contributed by atoms with van der Waals surface area (Å²) in [7, 11) is 0. The smallest absolute Gasteiger partial charge is 0.191 e. The zero-order chi connectivity index (χ0) is 19.6. The molecule has 0 aliphatic rings. The van der Waals surface area contributed by atoms with Crippen LogP contribution in [0, 0.1) is 13.8 Å². The van der Waals surface area contributed by atoms with Gasteiger partial charge in [-0.2, -0.15) is 0 Å². The number of aryl methyl sites for hydroxylation is 1. The van der Waals surface area contributed by atoms with E-state index in [1.807, 2.05) is 48.7 Å². The molecule has 0 radical (unpaired) electrons. The summed E-state index contributed by atoms with van der Waals surface area (Å²) in [5.41, 5.74) is 3.80. The van der Waals surface area contributed by atoms with Gasteiger partial charge in [0.1, 0.15) is 6.33 Å². The molecule has 0 saturated carbocycles. The number of aromatic nitrogens is 4. The number of ketones is 1. The average molecular weight is 403 g/mol. The van der Waals surface area contributed by atoms with Gasteiger partial charge in [-0.3, -0.25) is 4.79 Å². The van der Waals surface area contributed by atoms with E-state index in [0.29, 0.717) is 12.3 Å². The standard InChI is InChI=1S/C20H23ClN4OS/c1-13(2)25-12-22-23-20(25)27-11-19(26)17-9-14(3)24(15(17)4)10-16-7-5-6-8-18(16)21/h5-9,12-13H,10-11H2,1-4H3. The van der Waals surface area contributed by atoms with Crippen LogP contribution in [0.3, 0.4) is 0 Å². The van der Waals surface area contributed by atoms with Crippen LogP contribution in [0.1, 0.15) is 47.2 Å². The zero-order valence-corrected chi connectivity index (χ0v) is 17.5. The van der Waals surface area contributed by atoms with Gasteiger partial charge in [-0.1, -0.05) is 41.6 Å². The molecule has 27 heavy (non-hydrogen) atoms. The molecular formula is C20H23ClN4OS. The van der Waals surface area contributed by atoms with Gasteiger partial charge < -0.3 is 9.13 Å². The molecule has 0 unspecified atom stereocenters. The molecule has 7 heteroatoms. The van der Waals surface area contributed by atoms with Gasteiger partial charge in [0.25, 0.3) is 0 Å². The second-order valence-corrected chi connectivity index (χ2v) is 8.14. The van der Waals surface area contributed by atoms with Gasteiger partial charge in [-0.15, -0.1) is 10.2 Å². The van der Waals surface area contributed by atoms with Crippen molar-refractivity contribution in [3.8, 4) is 0 Å². The average Bonchev–Trinajstić information content (AvgIpc) is 3.21. The van der Waals surface area contributed by atoms with Gasteiger partial charge in [0.2, 0.25) is 0 Å². The van der Waals surface area contributed by atoms with Crippen molar-refractivity contribution in [3.05, 3.63) is 64.2 Å². The predicted molar refractivity (Wildman–Crippen MR) is 110 cm³/mol. The van der Waals surface area contributed by atoms with E-state index in [9.17, 15) is 4.79 Å². The maximum Gasteiger partial charge on any atom is 0.191 e. The highest BCUT2D eigenvalue weighted by molar-refractivity contribution is 7.99. The first-order valence-electron chi connectivity index (χ1n) is 8.84. The zero-order valence-electron chi connectivity index (χ0n) is 15.9. The number of carbonyl (C=O) groups is 1. The van der Waals surface area contributed by atoms with Gasteiger partial charge in [-0.05, 0) is 45.4 Å². The van der Waals surface area contributed by atoms with Crippen molar-refractivity contribution in [2.24, 2.45) is 0 Å². The normalized spacial score (nSPS) is 11.3. The SMILES string of the molecule is Cc1cc(C(=O)CSc2nncn2C(C)C)c(C)n1Cc1ccccc1Cl. The van der Waals surface area contributed by atoms with Crippen molar-refractivity contribution in [1.29, 1.82) is 0 Å². The van der Waals surface area contributed by atoms with E-state index < -0.39 is 0 Å². The molecule has 0 bridgehead atoms. The first kappa shape index (κ1) is 19.7. The van der Waals surface area contributed by atoms with E-state index in [1.54, 1.807) is 6.33 Å². The highest BCUT2D eigenvalue weighted by atomic mass is 35.5. The molecule has 1 aromatic carbocycles. The second-order valence-electron chi connectivity index (χ2n) is 6.79. The van der Waals surface area contributed by atoms with Crippen LogP contribution < -0.4 is 0 Å². The van der Waals surface area contributed by atoms with Gasteiger partial charge in [0, 0.05) is 34.6 Å². The minimum Gasteiger partial charge on any atom is -0.344 e. The Hall–Kier alpha value is -2.05. The molecule has 0 fully saturated rings. The number of rotatable bonds is 7. The maximum atomic E-state index is 12.8. The highest BCUT2D eigenvalue weighted by Crippen LogP contribution is 2.24. The van der Waals surface area contributed by atoms with Crippen molar-refractivity contribution < 1.29 is 4.79 Å². The third-order valence-corrected chi connectivity index (χ3v) is 5.92. The molecular weight excluding hydrogens is 380 g/mol. The molecule has 0 saturated heterocycles. The summed E-state index contributed by atoms with van der Waals surface area (Å²) in [4.78, 5) is 12.8. The van der Waals surface area contributed by atoms with E-state index >= 15 is 0 Å². The van der Waals surface area contributed by atoms with Crippen molar-refractivity contribution in [1.82, 2.24) is 19.3 Å². The van der Waals surface area contributed by atoms with Crippen molar-refractivity contribution >= 4 is 29.1 Å². The number of thioether (sulfide) groups is 1. The molecule has 0 N–H and O–H groups in total. The lowest BCUT2D eigenvalue weighted by Crippen LogP contribution is -2.09. The van der Waals surface area contributed by atoms with Gasteiger partial charge in [-0.25, -0.2) is 0 Å². The second kappa shape index (κ2) is 8.31. The van der Waals surface area contributed by atoms with Crippen LogP contribution in [0.15, 0.2) is 41.8 Å². The van der Waals surface area contributed by atoms with Gasteiger partial charge in [0.05, 0.1) is 5.75 Å². The van der Waals surface area contributed by atoms with E-state index in [4.69, 9.17) is 11.6 Å². The van der Waals surface area contributed by atoms with Crippen LogP contribution >= 0.6 is 23.4 Å². The Morgan fingerprint density at radius 1 is 1.26 bits per heavy atom. The van der Waals surface area contributed by atoms with E-state index in [-0.39, 0.29) is 11.8 Å². The molecule has 5 nitrogen and oxygen atoms in total. The Morgan fingerprint density at radius 3 is 2.70 bits per heavy atom. The third-order valence-electron chi connectivity index (χ3n) is 4.59. The Kier molecular flexibility index (Phi) is 6.07. The minimum atomic E-state index is 0.0943. The molecule has 3 rings (SSSR count). The first-order valence-corrected chi connectivity index (χ1v) is 10.2. The highest BCUT2D eigenvalue weighted by Gasteiger charge is 2.18. The third kappa shape index (κ3) is 4.28. The Morgan fingerprint density at radius 2 is 2.00 bits per heavy atom. The van der Waals surface area contributed by atoms with E-state index in [0.717, 1.165) is 32.7 Å². The van der Waals surface area contributed by atoms with Crippen LogP contribution in [0.2, 0.25) is 5.02 Å². The molecule has 0 aliphatic carbocycles. The number of hydrogen-bond donors (Lipinski definition) is 0.